The fraction of sp³-hybridized carbons (Fsp3) is 0.464. The van der Waals surface area contributed by atoms with Gasteiger partial charge < -0.3 is 18.9 Å². The van der Waals surface area contributed by atoms with E-state index in [4.69, 9.17) is 14.0 Å². The van der Waals surface area contributed by atoms with Crippen molar-refractivity contribution < 1.29 is 32.0 Å². The summed E-state index contributed by atoms with van der Waals surface area (Å²) < 4.78 is 58.0. The van der Waals surface area contributed by atoms with E-state index in [2.05, 4.69) is 15.0 Å². The molecule has 0 radical (unpaired) electrons. The zero-order valence-corrected chi connectivity index (χ0v) is 20.9. The third-order valence-corrected chi connectivity index (χ3v) is 7.84. The Morgan fingerprint density at radius 1 is 1.08 bits per heavy atom. The molecular formula is C28H28F3N3O4. The van der Waals surface area contributed by atoms with Crippen molar-refractivity contribution in [3.8, 4) is 11.3 Å². The predicted octanol–water partition coefficient (Wildman–Crippen LogP) is 6.14. The number of fused-ring (bicyclic) bond motifs is 2. The molecular weight excluding hydrogens is 499 g/mol. The molecule has 2 bridgehead atoms. The Morgan fingerprint density at radius 3 is 2.45 bits per heavy atom. The molecule has 7 nitrogen and oxygen atoms in total. The van der Waals surface area contributed by atoms with Crippen LogP contribution in [0.4, 0.5) is 19.0 Å². The number of nitrogens with zero attached hydrogens (tertiary/aromatic N) is 3. The number of pyridine rings is 1. The van der Waals surface area contributed by atoms with Crippen molar-refractivity contribution in [3.63, 3.8) is 0 Å². The largest absolute Gasteiger partial charge is 0.465 e. The zero-order valence-electron chi connectivity index (χ0n) is 20.9. The summed E-state index contributed by atoms with van der Waals surface area (Å²) in [5, 5.41) is 4.10. The molecule has 10 heteroatoms. The van der Waals surface area contributed by atoms with E-state index in [0.717, 1.165) is 50.4 Å². The fourth-order valence-electron chi connectivity index (χ4n) is 5.89. The maximum absolute atomic E-state index is 13.7. The number of hydrogen-bond donors (Lipinski definition) is 0. The molecule has 0 N–H and O–H groups in total. The Labute approximate surface area is 217 Å². The lowest BCUT2D eigenvalue weighted by molar-refractivity contribution is -0.137. The van der Waals surface area contributed by atoms with Crippen molar-refractivity contribution >= 4 is 11.8 Å². The molecule has 200 valence electrons. The average molecular weight is 528 g/mol. The topological polar surface area (TPSA) is 77.7 Å². The summed E-state index contributed by atoms with van der Waals surface area (Å²) in [6.07, 6.45) is 2.47. The first-order valence-corrected chi connectivity index (χ1v) is 12.9. The molecule has 38 heavy (non-hydrogen) atoms. The van der Waals surface area contributed by atoms with E-state index in [1.165, 1.54) is 25.4 Å². The molecule has 0 amide bonds. The highest BCUT2D eigenvalue weighted by atomic mass is 19.4. The lowest BCUT2D eigenvalue weighted by Gasteiger charge is -2.39. The highest BCUT2D eigenvalue weighted by Gasteiger charge is 2.43. The molecule has 3 aromatic rings. The molecule has 2 saturated heterocycles. The number of rotatable bonds is 7. The molecule has 6 rings (SSSR count). The number of methoxy groups -OCH3 is 1. The molecule has 1 saturated carbocycles. The van der Waals surface area contributed by atoms with Crippen LogP contribution in [0.1, 0.15) is 71.7 Å². The molecule has 3 aliphatic rings. The van der Waals surface area contributed by atoms with Crippen LogP contribution in [-0.4, -0.2) is 41.4 Å². The van der Waals surface area contributed by atoms with Gasteiger partial charge in [-0.1, -0.05) is 23.4 Å². The minimum absolute atomic E-state index is 0.0191. The van der Waals surface area contributed by atoms with Gasteiger partial charge in [0, 0.05) is 35.3 Å². The molecule has 3 atom stereocenters. The summed E-state index contributed by atoms with van der Waals surface area (Å²) in [6, 6.07) is 9.54. The van der Waals surface area contributed by atoms with Gasteiger partial charge in [-0.05, 0) is 56.7 Å². The SMILES string of the molecule is COC(=O)c1ccc(N2[C@@H]3CC[C@H]2C[C@@H](OCc2c(-c4ccccc4C(F)(F)F)noc2C2CC2)C3)nc1. The van der Waals surface area contributed by atoms with Crippen molar-refractivity contribution in [2.24, 2.45) is 0 Å². The number of hydrogen-bond acceptors (Lipinski definition) is 7. The van der Waals surface area contributed by atoms with Crippen LogP contribution in [0.15, 0.2) is 47.1 Å². The van der Waals surface area contributed by atoms with Crippen LogP contribution in [0.5, 0.6) is 0 Å². The first-order chi connectivity index (χ1) is 18.3. The molecule has 1 aliphatic carbocycles. The van der Waals surface area contributed by atoms with E-state index in [-0.39, 0.29) is 42.0 Å². The van der Waals surface area contributed by atoms with Crippen LogP contribution >= 0.6 is 0 Å². The van der Waals surface area contributed by atoms with E-state index in [1.807, 2.05) is 6.07 Å². The Hall–Kier alpha value is -3.40. The van der Waals surface area contributed by atoms with E-state index in [1.54, 1.807) is 12.1 Å². The van der Waals surface area contributed by atoms with Gasteiger partial charge in [-0.25, -0.2) is 9.78 Å². The number of halogens is 3. The molecule has 0 unspecified atom stereocenters. The van der Waals surface area contributed by atoms with Crippen LogP contribution in [0, 0.1) is 0 Å². The average Bonchev–Trinajstić information content (AvgIpc) is 3.62. The van der Waals surface area contributed by atoms with Crippen LogP contribution in [-0.2, 0) is 22.3 Å². The number of benzene rings is 1. The van der Waals surface area contributed by atoms with Gasteiger partial charge in [0.1, 0.15) is 17.3 Å². The molecule has 2 aliphatic heterocycles. The summed E-state index contributed by atoms with van der Waals surface area (Å²) in [7, 11) is 1.34. The third-order valence-electron chi connectivity index (χ3n) is 7.84. The monoisotopic (exact) mass is 527 g/mol. The summed E-state index contributed by atoms with van der Waals surface area (Å²) in [5.74, 6) is 1.23. The van der Waals surface area contributed by atoms with Gasteiger partial charge in [0.25, 0.3) is 0 Å². The standard InChI is InChI=1S/C28H28F3N3O4/c1-36-27(35)17-8-11-24(32-14-17)34-18-9-10-19(34)13-20(12-18)37-15-22-25(33-38-26(22)16-6-7-16)21-4-2-3-5-23(21)28(29,30)31/h2-5,8,11,14,16,18-20H,6-7,9-10,12-13,15H2,1H3/t18-,19+,20+. The lowest BCUT2D eigenvalue weighted by Crippen LogP contribution is -2.46. The van der Waals surface area contributed by atoms with Crippen LogP contribution in [0.2, 0.25) is 0 Å². The number of ether oxygens (including phenoxy) is 2. The van der Waals surface area contributed by atoms with Crippen molar-refractivity contribution in [1.82, 2.24) is 10.1 Å². The summed E-state index contributed by atoms with van der Waals surface area (Å²) >= 11 is 0. The molecule has 3 fully saturated rings. The second-order valence-corrected chi connectivity index (χ2v) is 10.3. The van der Waals surface area contributed by atoms with Crippen LogP contribution < -0.4 is 4.90 Å². The maximum Gasteiger partial charge on any atom is 0.417 e. The van der Waals surface area contributed by atoms with Gasteiger partial charge in [0.05, 0.1) is 30.9 Å². The Bertz CT molecular complexity index is 1310. The summed E-state index contributed by atoms with van der Waals surface area (Å²) in [5.41, 5.74) is 0.540. The second-order valence-electron chi connectivity index (χ2n) is 10.3. The van der Waals surface area contributed by atoms with Gasteiger partial charge in [0.2, 0.25) is 0 Å². The molecule has 4 heterocycles. The third kappa shape index (κ3) is 4.66. The second kappa shape index (κ2) is 9.72. The molecule has 1 aromatic carbocycles. The van der Waals surface area contributed by atoms with Crippen molar-refractivity contribution in [1.29, 1.82) is 0 Å². The van der Waals surface area contributed by atoms with E-state index in [9.17, 15) is 18.0 Å². The van der Waals surface area contributed by atoms with Gasteiger partial charge in [-0.3, -0.25) is 0 Å². The number of alkyl halides is 3. The predicted molar refractivity (Wildman–Crippen MR) is 132 cm³/mol. The van der Waals surface area contributed by atoms with Gasteiger partial charge >= 0.3 is 12.1 Å². The number of piperidine rings is 1. The quantitative estimate of drug-likeness (QED) is 0.342. The maximum atomic E-state index is 13.7. The minimum Gasteiger partial charge on any atom is -0.465 e. The smallest absolute Gasteiger partial charge is 0.417 e. The minimum atomic E-state index is -4.50. The number of anilines is 1. The molecule has 0 spiro atoms. The Morgan fingerprint density at radius 2 is 1.82 bits per heavy atom. The van der Waals surface area contributed by atoms with Crippen molar-refractivity contribution in [3.05, 3.63) is 65.0 Å². The highest BCUT2D eigenvalue weighted by Crippen LogP contribution is 2.46. The first kappa shape index (κ1) is 24.9. The number of carbonyl (C=O) groups excluding carboxylic acids is 1. The number of aromatic nitrogens is 2. The summed E-state index contributed by atoms with van der Waals surface area (Å²) in [4.78, 5) is 18.6. The highest BCUT2D eigenvalue weighted by molar-refractivity contribution is 5.89. The summed E-state index contributed by atoms with van der Waals surface area (Å²) in [6.45, 7) is 0.160. The lowest BCUT2D eigenvalue weighted by atomic mass is 9.98. The number of carbonyl (C=O) groups is 1. The fourth-order valence-corrected chi connectivity index (χ4v) is 5.89. The first-order valence-electron chi connectivity index (χ1n) is 12.9. The van der Waals surface area contributed by atoms with Gasteiger partial charge in [0.15, 0.2) is 0 Å². The van der Waals surface area contributed by atoms with Crippen molar-refractivity contribution in [2.45, 2.75) is 75.4 Å². The van der Waals surface area contributed by atoms with E-state index in [0.29, 0.717) is 16.9 Å². The van der Waals surface area contributed by atoms with Crippen LogP contribution in [0.25, 0.3) is 11.3 Å². The van der Waals surface area contributed by atoms with Gasteiger partial charge in [-0.2, -0.15) is 13.2 Å². The Balaban J connectivity index is 1.19. The molecule has 2 aromatic heterocycles. The Kier molecular flexibility index (Phi) is 6.37. The number of esters is 1. The van der Waals surface area contributed by atoms with Gasteiger partial charge in [-0.15, -0.1) is 0 Å². The zero-order chi connectivity index (χ0) is 26.4. The van der Waals surface area contributed by atoms with Crippen LogP contribution in [0.3, 0.4) is 0 Å². The van der Waals surface area contributed by atoms with E-state index >= 15 is 0 Å². The van der Waals surface area contributed by atoms with E-state index < -0.39 is 17.7 Å². The van der Waals surface area contributed by atoms with Crippen molar-refractivity contribution in [2.75, 3.05) is 12.0 Å². The normalized spacial score (nSPS) is 23.1.